The van der Waals surface area contributed by atoms with Gasteiger partial charge in [0.25, 0.3) is 0 Å². The van der Waals surface area contributed by atoms with Crippen LogP contribution >= 0.6 is 0 Å². The van der Waals surface area contributed by atoms with E-state index in [-0.39, 0.29) is 62.0 Å². The number of nitrogen functional groups attached to an aromatic ring is 1. The van der Waals surface area contributed by atoms with Crippen molar-refractivity contribution in [3.05, 3.63) is 64.4 Å². The van der Waals surface area contributed by atoms with E-state index in [2.05, 4.69) is 6.07 Å². The van der Waals surface area contributed by atoms with Gasteiger partial charge in [-0.05, 0) is 30.9 Å². The third-order valence-electron chi connectivity index (χ3n) is 4.14. The maximum Gasteiger partial charge on any atom is 0.173 e. The number of nitrogens with two attached hydrogens (primary N) is 1. The molecule has 0 unspecified atom stereocenters. The normalized spacial score (nSPS) is 14.4. The van der Waals surface area contributed by atoms with Gasteiger partial charge in [-0.2, -0.15) is 0 Å². The number of carbonyl (C=O) groups excluding carboxylic acids is 2. The maximum absolute atomic E-state index is 11.2. The van der Waals surface area contributed by atoms with E-state index < -0.39 is 0 Å². The summed E-state index contributed by atoms with van der Waals surface area (Å²) >= 11 is 0. The van der Waals surface area contributed by atoms with E-state index in [4.69, 9.17) is 11.5 Å². The molecular formula is C18H17AcN2O2-. The number of anilines is 1. The summed E-state index contributed by atoms with van der Waals surface area (Å²) in [5, 5.41) is 0. The van der Waals surface area contributed by atoms with Crippen molar-refractivity contribution >= 4 is 22.9 Å². The Morgan fingerprint density at radius 2 is 1.70 bits per heavy atom. The third-order valence-corrected chi connectivity index (χ3v) is 4.14. The molecule has 4 nitrogen and oxygen atoms in total. The summed E-state index contributed by atoms with van der Waals surface area (Å²) in [6, 6.07) is 11.0. The predicted molar refractivity (Wildman–Crippen MR) is 86.6 cm³/mol. The van der Waals surface area contributed by atoms with Crippen LogP contribution in [0.4, 0.5) is 11.4 Å². The van der Waals surface area contributed by atoms with E-state index in [0.717, 1.165) is 12.1 Å². The van der Waals surface area contributed by atoms with Gasteiger partial charge in [-0.1, -0.05) is 35.9 Å². The molecule has 0 aromatic heterocycles. The smallest absolute Gasteiger partial charge is 0.173 e. The van der Waals surface area contributed by atoms with Crippen LogP contribution in [0.1, 0.15) is 44.7 Å². The molecule has 2 aliphatic carbocycles. The Balaban J connectivity index is 0.000000162. The molecule has 0 heterocycles. The van der Waals surface area contributed by atoms with Crippen LogP contribution in [0.5, 0.6) is 0 Å². The van der Waals surface area contributed by atoms with Gasteiger partial charge in [0.2, 0.25) is 0 Å². The first-order valence-corrected chi connectivity index (χ1v) is 7.35. The van der Waals surface area contributed by atoms with E-state index >= 15 is 0 Å². The standard InChI is InChI=1S/C9H7NO2.C9H10N.Ac/c10-6-3-1-2-5-7(11)4-8(12)9(5)6;10-9-6-2-4-7-3-1-5-8(7)9;/h1-3H,4,10H2;2,4,6,10H,1,3,5H2;/q;-1;. The molecule has 23 heavy (non-hydrogen) atoms. The van der Waals surface area contributed by atoms with Crippen LogP contribution in [0, 0.1) is 44.1 Å². The number of carbonyl (C=O) groups is 2. The molecule has 0 saturated carbocycles. The van der Waals surface area contributed by atoms with E-state index in [1.165, 1.54) is 24.0 Å². The van der Waals surface area contributed by atoms with Crippen LogP contribution < -0.4 is 5.73 Å². The molecule has 0 atom stereocenters. The minimum Gasteiger partial charge on any atom is -0.698 e. The first kappa shape index (κ1) is 18.2. The molecule has 115 valence electrons. The van der Waals surface area contributed by atoms with Gasteiger partial charge in [0.1, 0.15) is 0 Å². The molecule has 2 aromatic rings. The predicted octanol–water partition coefficient (Wildman–Crippen LogP) is 3.90. The monoisotopic (exact) mass is 520 g/mol. The van der Waals surface area contributed by atoms with Crippen molar-refractivity contribution in [2.45, 2.75) is 25.7 Å². The average molecular weight is 520 g/mol. The molecule has 0 bridgehead atoms. The number of hydrogen-bond acceptors (Lipinski definition) is 3. The fourth-order valence-corrected chi connectivity index (χ4v) is 3.06. The second-order valence-electron chi connectivity index (χ2n) is 5.59. The van der Waals surface area contributed by atoms with E-state index in [9.17, 15) is 9.59 Å². The summed E-state index contributed by atoms with van der Waals surface area (Å²) in [6.45, 7) is 0. The van der Waals surface area contributed by atoms with E-state index in [0.29, 0.717) is 16.8 Å². The summed E-state index contributed by atoms with van der Waals surface area (Å²) in [5.74, 6) is -0.282. The number of benzene rings is 2. The van der Waals surface area contributed by atoms with Crippen LogP contribution in [-0.4, -0.2) is 11.6 Å². The Morgan fingerprint density at radius 3 is 2.39 bits per heavy atom. The van der Waals surface area contributed by atoms with Gasteiger partial charge in [-0.15, -0.1) is 5.69 Å². The van der Waals surface area contributed by atoms with E-state index in [1.807, 2.05) is 12.1 Å². The van der Waals surface area contributed by atoms with Crippen molar-refractivity contribution < 1.29 is 53.7 Å². The molecule has 3 N–H and O–H groups in total. The number of nitrogens with one attached hydrogen (secondary N) is 1. The van der Waals surface area contributed by atoms with Crippen molar-refractivity contribution in [2.75, 3.05) is 5.73 Å². The molecular weight excluding hydrogens is 503 g/mol. The number of hydrogen-bond donors (Lipinski definition) is 1. The summed E-state index contributed by atoms with van der Waals surface area (Å²) in [7, 11) is 0. The summed E-state index contributed by atoms with van der Waals surface area (Å²) in [4.78, 5) is 22.3. The Bertz CT molecular complexity index is 772. The van der Waals surface area contributed by atoms with Crippen LogP contribution in [0.2, 0.25) is 0 Å². The van der Waals surface area contributed by atoms with Gasteiger partial charge in [0, 0.05) is 55.3 Å². The SMILES string of the molecule is Nc1cccc2c1C(=O)CC2=O.[Ac].[NH-]c1cccc2c1CCC2. The Labute approximate surface area is 171 Å². The van der Waals surface area contributed by atoms with Crippen molar-refractivity contribution in [3.8, 4) is 0 Å². The number of rotatable bonds is 0. The quantitative estimate of drug-likeness (QED) is 0.423. The van der Waals surface area contributed by atoms with Crippen molar-refractivity contribution in [1.29, 1.82) is 0 Å². The van der Waals surface area contributed by atoms with Gasteiger partial charge >= 0.3 is 0 Å². The van der Waals surface area contributed by atoms with E-state index in [1.54, 1.807) is 18.2 Å². The minimum atomic E-state index is -0.159. The molecule has 5 heteroatoms. The van der Waals surface area contributed by atoms with Gasteiger partial charge < -0.3 is 11.5 Å². The Kier molecular flexibility index (Phi) is 6.00. The largest absolute Gasteiger partial charge is 0.698 e. The third kappa shape index (κ3) is 3.67. The average Bonchev–Trinajstić information content (AvgIpc) is 3.07. The summed E-state index contributed by atoms with van der Waals surface area (Å²) in [5.41, 5.74) is 17.8. The first-order valence-electron chi connectivity index (χ1n) is 7.35. The van der Waals surface area contributed by atoms with Gasteiger partial charge in [-0.3, -0.25) is 9.59 Å². The Hall–Kier alpha value is -1.18. The molecule has 2 aromatic carbocycles. The molecule has 0 amide bonds. The fraction of sp³-hybridized carbons (Fsp3) is 0.222. The van der Waals surface area contributed by atoms with Crippen molar-refractivity contribution in [1.82, 2.24) is 0 Å². The molecule has 0 spiro atoms. The number of aryl methyl sites for hydroxylation is 1. The van der Waals surface area contributed by atoms with Crippen molar-refractivity contribution in [3.63, 3.8) is 0 Å². The number of ketones is 2. The Morgan fingerprint density at radius 1 is 0.957 bits per heavy atom. The topological polar surface area (TPSA) is 84.0 Å². The summed E-state index contributed by atoms with van der Waals surface area (Å²) in [6.07, 6.45) is 3.52. The zero-order valence-electron chi connectivity index (χ0n) is 12.8. The fourth-order valence-electron chi connectivity index (χ4n) is 3.06. The molecule has 0 fully saturated rings. The minimum absolute atomic E-state index is 0. The van der Waals surface area contributed by atoms with Crippen molar-refractivity contribution in [2.24, 2.45) is 0 Å². The second-order valence-corrected chi connectivity index (χ2v) is 5.59. The molecule has 4 rings (SSSR count). The first-order chi connectivity index (χ1) is 10.6. The molecule has 2 aliphatic rings. The zero-order valence-corrected chi connectivity index (χ0v) is 17.5. The van der Waals surface area contributed by atoms with Crippen LogP contribution in [0.25, 0.3) is 5.73 Å². The second kappa shape index (κ2) is 7.59. The molecule has 0 aliphatic heterocycles. The van der Waals surface area contributed by atoms with Gasteiger partial charge in [0.15, 0.2) is 11.6 Å². The van der Waals surface area contributed by atoms with Crippen LogP contribution in [-0.2, 0) is 12.8 Å². The maximum atomic E-state index is 11.2. The van der Waals surface area contributed by atoms with Gasteiger partial charge in [-0.25, -0.2) is 0 Å². The van der Waals surface area contributed by atoms with Crippen LogP contribution in [0.3, 0.4) is 0 Å². The number of fused-ring (bicyclic) bond motifs is 2. The van der Waals surface area contributed by atoms with Crippen LogP contribution in [0.15, 0.2) is 36.4 Å². The number of Topliss-reactive ketones (excluding diaryl/α,β-unsaturated/α-hetero) is 2. The molecule has 1 radical (unpaired) electrons. The molecule has 0 saturated heterocycles. The summed E-state index contributed by atoms with van der Waals surface area (Å²) < 4.78 is 0. The zero-order chi connectivity index (χ0) is 15.7. The van der Waals surface area contributed by atoms with Gasteiger partial charge in [0.05, 0.1) is 12.0 Å².